The van der Waals surface area contributed by atoms with Crippen molar-refractivity contribution in [1.29, 1.82) is 0 Å². The van der Waals surface area contributed by atoms with Gasteiger partial charge in [0.2, 0.25) is 0 Å². The van der Waals surface area contributed by atoms with Crippen molar-refractivity contribution in [3.63, 3.8) is 0 Å². The number of pyridine rings is 1. The maximum absolute atomic E-state index is 10.1. The number of aliphatic hydroxyl groups is 1. The number of aromatic nitrogens is 2. The Kier molecular flexibility index (Phi) is 3.71. The Bertz CT molecular complexity index is 471. The Morgan fingerprint density at radius 2 is 2.18 bits per heavy atom. The van der Waals surface area contributed by atoms with Crippen LogP contribution in [0.5, 0.6) is 5.75 Å². The minimum Gasteiger partial charge on any atom is -0.489 e. The van der Waals surface area contributed by atoms with Crippen molar-refractivity contribution in [2.45, 2.75) is 26.1 Å². The Morgan fingerprint density at radius 3 is 2.82 bits per heavy atom. The summed E-state index contributed by atoms with van der Waals surface area (Å²) in [5, 5.41) is 11.9. The van der Waals surface area contributed by atoms with Gasteiger partial charge in [-0.15, -0.1) is 11.3 Å². The number of nitrogens with zero attached hydrogens (tertiary/aromatic N) is 2. The lowest BCUT2D eigenvalue weighted by Crippen LogP contribution is -2.07. The van der Waals surface area contributed by atoms with Crippen molar-refractivity contribution in [3.8, 4) is 5.75 Å². The average Bonchev–Trinajstić information content (AvgIpc) is 2.81. The van der Waals surface area contributed by atoms with Crippen LogP contribution in [0.4, 0.5) is 0 Å². The van der Waals surface area contributed by atoms with Gasteiger partial charge in [-0.25, -0.2) is 4.98 Å². The first-order chi connectivity index (χ1) is 8.16. The Labute approximate surface area is 104 Å². The molecule has 0 amide bonds. The minimum absolute atomic E-state index is 0.0865. The molecule has 2 heterocycles. The standard InChI is InChI=1S/C12H14N2O2S/c1-8(2)16-10-3-9(4-13-5-10)12(15)11-6-17-7-14-11/h3-8,12,15H,1-2H3. The van der Waals surface area contributed by atoms with Gasteiger partial charge < -0.3 is 9.84 Å². The molecule has 17 heavy (non-hydrogen) atoms. The second kappa shape index (κ2) is 5.25. The molecule has 0 aliphatic rings. The number of hydrogen-bond acceptors (Lipinski definition) is 5. The Balaban J connectivity index is 2.21. The van der Waals surface area contributed by atoms with Gasteiger partial charge in [0.05, 0.1) is 23.5 Å². The fourth-order valence-corrected chi connectivity index (χ4v) is 2.02. The molecule has 1 atom stereocenters. The van der Waals surface area contributed by atoms with E-state index in [-0.39, 0.29) is 6.10 Å². The fraction of sp³-hybridized carbons (Fsp3) is 0.333. The van der Waals surface area contributed by atoms with Crippen molar-refractivity contribution in [1.82, 2.24) is 9.97 Å². The number of hydrogen-bond donors (Lipinski definition) is 1. The van der Waals surface area contributed by atoms with Gasteiger partial charge in [0.1, 0.15) is 11.9 Å². The van der Waals surface area contributed by atoms with Gasteiger partial charge in [0.15, 0.2) is 0 Å². The highest BCUT2D eigenvalue weighted by molar-refractivity contribution is 7.07. The largest absolute Gasteiger partial charge is 0.489 e. The monoisotopic (exact) mass is 250 g/mol. The van der Waals surface area contributed by atoms with E-state index in [1.54, 1.807) is 24.0 Å². The molecule has 0 aliphatic heterocycles. The van der Waals surface area contributed by atoms with E-state index in [1.165, 1.54) is 11.3 Å². The highest BCUT2D eigenvalue weighted by Gasteiger charge is 2.13. The fourth-order valence-electron chi connectivity index (χ4n) is 1.45. The quantitative estimate of drug-likeness (QED) is 0.905. The molecule has 4 nitrogen and oxygen atoms in total. The van der Waals surface area contributed by atoms with Crippen LogP contribution >= 0.6 is 11.3 Å². The molecule has 5 heteroatoms. The summed E-state index contributed by atoms with van der Waals surface area (Å²) >= 11 is 1.45. The van der Waals surface area contributed by atoms with Gasteiger partial charge in [-0.05, 0) is 19.9 Å². The molecule has 0 radical (unpaired) electrons. The van der Waals surface area contributed by atoms with Gasteiger partial charge in [-0.3, -0.25) is 4.98 Å². The molecule has 1 N–H and O–H groups in total. The zero-order valence-corrected chi connectivity index (χ0v) is 10.5. The third-order valence-electron chi connectivity index (χ3n) is 2.15. The molecule has 0 aromatic carbocycles. The molecule has 0 saturated carbocycles. The highest BCUT2D eigenvalue weighted by Crippen LogP contribution is 2.24. The topological polar surface area (TPSA) is 55.2 Å². The van der Waals surface area contributed by atoms with Crippen LogP contribution in [0.1, 0.15) is 31.2 Å². The van der Waals surface area contributed by atoms with Crippen LogP contribution in [0.25, 0.3) is 0 Å². The lowest BCUT2D eigenvalue weighted by Gasteiger charge is -2.12. The summed E-state index contributed by atoms with van der Waals surface area (Å²) in [5.41, 5.74) is 3.02. The second-order valence-electron chi connectivity index (χ2n) is 3.94. The number of aliphatic hydroxyl groups excluding tert-OH is 1. The summed E-state index contributed by atoms with van der Waals surface area (Å²) in [4.78, 5) is 8.14. The van der Waals surface area contributed by atoms with Crippen molar-refractivity contribution >= 4 is 11.3 Å². The first kappa shape index (κ1) is 12.0. The molecule has 0 fully saturated rings. The van der Waals surface area contributed by atoms with Crippen LogP contribution in [0.15, 0.2) is 29.4 Å². The maximum atomic E-state index is 10.1. The van der Waals surface area contributed by atoms with E-state index < -0.39 is 6.10 Å². The van der Waals surface area contributed by atoms with Gasteiger partial charge in [-0.2, -0.15) is 0 Å². The molecule has 2 rings (SSSR count). The summed E-state index contributed by atoms with van der Waals surface area (Å²) in [6, 6.07) is 1.79. The molecule has 0 saturated heterocycles. The summed E-state index contributed by atoms with van der Waals surface area (Å²) in [6.45, 7) is 3.90. The van der Waals surface area contributed by atoms with Crippen molar-refractivity contribution in [2.24, 2.45) is 0 Å². The van der Waals surface area contributed by atoms with E-state index >= 15 is 0 Å². The molecule has 2 aromatic heterocycles. The highest BCUT2D eigenvalue weighted by atomic mass is 32.1. The molecule has 1 unspecified atom stereocenters. The summed E-state index contributed by atoms with van der Waals surface area (Å²) in [6.07, 6.45) is 2.60. The van der Waals surface area contributed by atoms with E-state index in [1.807, 2.05) is 19.2 Å². The number of ether oxygens (including phenoxy) is 1. The molecule has 0 aliphatic carbocycles. The van der Waals surface area contributed by atoms with Gasteiger partial charge in [-0.1, -0.05) is 0 Å². The molecular formula is C12H14N2O2S. The smallest absolute Gasteiger partial charge is 0.138 e. The van der Waals surface area contributed by atoms with Crippen LogP contribution in [0.2, 0.25) is 0 Å². The third-order valence-corrected chi connectivity index (χ3v) is 2.76. The SMILES string of the molecule is CC(C)Oc1cncc(C(O)c2cscn2)c1. The van der Waals surface area contributed by atoms with Crippen LogP contribution < -0.4 is 4.74 Å². The molecule has 0 bridgehead atoms. The average molecular weight is 250 g/mol. The molecule has 2 aromatic rings. The zero-order chi connectivity index (χ0) is 12.3. The molecule has 90 valence electrons. The maximum Gasteiger partial charge on any atom is 0.138 e. The second-order valence-corrected chi connectivity index (χ2v) is 4.66. The van der Waals surface area contributed by atoms with E-state index in [0.717, 1.165) is 0 Å². The van der Waals surface area contributed by atoms with Gasteiger partial charge in [0, 0.05) is 17.1 Å². The third kappa shape index (κ3) is 3.01. The lowest BCUT2D eigenvalue weighted by atomic mass is 10.1. The number of rotatable bonds is 4. The molecular weight excluding hydrogens is 236 g/mol. The van der Waals surface area contributed by atoms with Gasteiger partial charge >= 0.3 is 0 Å². The predicted molar refractivity (Wildman–Crippen MR) is 66.2 cm³/mol. The van der Waals surface area contributed by atoms with Crippen LogP contribution in [0, 0.1) is 0 Å². The minimum atomic E-state index is -0.746. The van der Waals surface area contributed by atoms with Crippen molar-refractivity contribution in [2.75, 3.05) is 0 Å². The van der Waals surface area contributed by atoms with Crippen LogP contribution in [0.3, 0.4) is 0 Å². The van der Waals surface area contributed by atoms with E-state index in [2.05, 4.69) is 9.97 Å². The van der Waals surface area contributed by atoms with Crippen molar-refractivity contribution in [3.05, 3.63) is 40.6 Å². The Morgan fingerprint density at radius 1 is 1.35 bits per heavy atom. The number of thiazole rings is 1. The molecule has 0 spiro atoms. The van der Waals surface area contributed by atoms with E-state index in [9.17, 15) is 5.11 Å². The first-order valence-electron chi connectivity index (χ1n) is 5.34. The summed E-state index contributed by atoms with van der Waals surface area (Å²) in [5.74, 6) is 0.659. The predicted octanol–water partition coefficient (Wildman–Crippen LogP) is 2.41. The Hall–Kier alpha value is -1.46. The zero-order valence-electron chi connectivity index (χ0n) is 9.70. The van der Waals surface area contributed by atoms with Crippen LogP contribution in [-0.4, -0.2) is 21.2 Å². The van der Waals surface area contributed by atoms with E-state index in [4.69, 9.17) is 4.74 Å². The van der Waals surface area contributed by atoms with E-state index in [0.29, 0.717) is 17.0 Å². The summed E-state index contributed by atoms with van der Waals surface area (Å²) < 4.78 is 5.53. The van der Waals surface area contributed by atoms with Crippen LogP contribution in [-0.2, 0) is 0 Å². The normalized spacial score (nSPS) is 12.7. The lowest BCUT2D eigenvalue weighted by molar-refractivity contribution is 0.212. The first-order valence-corrected chi connectivity index (χ1v) is 6.29. The summed E-state index contributed by atoms with van der Waals surface area (Å²) in [7, 11) is 0. The van der Waals surface area contributed by atoms with Gasteiger partial charge in [0.25, 0.3) is 0 Å². The van der Waals surface area contributed by atoms with Crippen molar-refractivity contribution < 1.29 is 9.84 Å².